The van der Waals surface area contributed by atoms with Gasteiger partial charge in [0, 0.05) is 12.6 Å². The van der Waals surface area contributed by atoms with Crippen LogP contribution >= 0.6 is 0 Å². The summed E-state index contributed by atoms with van der Waals surface area (Å²) in [4.78, 5) is 11.9. The zero-order valence-corrected chi connectivity index (χ0v) is 20.1. The van der Waals surface area contributed by atoms with Crippen molar-refractivity contribution in [1.82, 2.24) is 10.0 Å². The molecule has 8 nitrogen and oxygen atoms in total. The van der Waals surface area contributed by atoms with Crippen molar-refractivity contribution in [3.05, 3.63) is 58.9 Å². The topological polar surface area (TPSA) is 108 Å². The zero-order valence-electron chi connectivity index (χ0n) is 19.3. The molecule has 3 N–H and O–H groups in total. The summed E-state index contributed by atoms with van der Waals surface area (Å²) in [6.45, 7) is 3.86. The summed E-state index contributed by atoms with van der Waals surface area (Å²) in [5.41, 5.74) is 1.75. The van der Waals surface area contributed by atoms with Gasteiger partial charge in [-0.25, -0.2) is 13.4 Å². The number of aryl methyl sites for hydroxylation is 1. The quantitative estimate of drug-likeness (QED) is 0.522. The van der Waals surface area contributed by atoms with Gasteiger partial charge in [-0.15, -0.1) is 0 Å². The Hall–Kier alpha value is -2.69. The normalized spacial score (nSPS) is 20.2. The Kier molecular flexibility index (Phi) is 7.11. The van der Waals surface area contributed by atoms with E-state index in [-0.39, 0.29) is 30.0 Å². The molecule has 1 aliphatic carbocycles. The number of hydrogen-bond donors (Lipinski definition) is 3. The molecule has 0 spiro atoms. The van der Waals surface area contributed by atoms with Crippen LogP contribution in [-0.4, -0.2) is 44.7 Å². The molecule has 1 fully saturated rings. The number of benzene rings is 2. The molecule has 2 unspecified atom stereocenters. The molecule has 1 aliphatic heterocycles. The lowest BCUT2D eigenvalue weighted by molar-refractivity contribution is -0.117. The van der Waals surface area contributed by atoms with E-state index in [1.54, 1.807) is 6.07 Å². The zero-order chi connectivity index (χ0) is 24.5. The van der Waals surface area contributed by atoms with E-state index in [0.29, 0.717) is 24.9 Å². The third-order valence-corrected chi connectivity index (χ3v) is 7.68. The van der Waals surface area contributed by atoms with E-state index >= 15 is 4.39 Å². The van der Waals surface area contributed by atoms with E-state index in [4.69, 9.17) is 4.74 Å². The number of carbonyl (C=O) groups is 1. The van der Waals surface area contributed by atoms with Crippen LogP contribution in [0.1, 0.15) is 37.0 Å². The Morgan fingerprint density at radius 1 is 1.29 bits per heavy atom. The highest BCUT2D eigenvalue weighted by Crippen LogP contribution is 2.40. The second-order valence-corrected chi connectivity index (χ2v) is 10.7. The Labute approximate surface area is 199 Å². The summed E-state index contributed by atoms with van der Waals surface area (Å²) in [6, 6.07) is 10.9. The average molecular weight is 492 g/mol. The van der Waals surface area contributed by atoms with Gasteiger partial charge in [-0.1, -0.05) is 44.2 Å². The highest BCUT2D eigenvalue weighted by molar-refractivity contribution is 7.92. The van der Waals surface area contributed by atoms with Gasteiger partial charge in [0.1, 0.15) is 24.6 Å². The van der Waals surface area contributed by atoms with Gasteiger partial charge in [-0.05, 0) is 47.9 Å². The Balaban J connectivity index is 1.66. The molecule has 0 saturated carbocycles. The number of nitrogens with zero attached hydrogens (tertiary/aromatic N) is 1. The van der Waals surface area contributed by atoms with Crippen molar-refractivity contribution in [2.75, 3.05) is 17.4 Å². The number of aliphatic hydroxyl groups is 1. The molecular weight excluding hydrogens is 461 g/mol. The van der Waals surface area contributed by atoms with E-state index in [9.17, 15) is 18.3 Å². The monoisotopic (exact) mass is 491 g/mol. The molecule has 0 aromatic heterocycles. The summed E-state index contributed by atoms with van der Waals surface area (Å²) in [5, 5.41) is 13.4. The fraction of sp³-hybridized carbons (Fsp3) is 0.458. The first-order valence-corrected chi connectivity index (χ1v) is 12.9. The van der Waals surface area contributed by atoms with Crippen LogP contribution in [0.3, 0.4) is 0 Å². The minimum absolute atomic E-state index is 0.0609. The van der Waals surface area contributed by atoms with E-state index in [0.717, 1.165) is 21.9 Å². The summed E-state index contributed by atoms with van der Waals surface area (Å²) < 4.78 is 49.6. The Bertz CT molecular complexity index is 1160. The molecule has 2 aromatic rings. The molecule has 2 aliphatic rings. The predicted molar refractivity (Wildman–Crippen MR) is 126 cm³/mol. The van der Waals surface area contributed by atoms with Crippen molar-refractivity contribution in [3.8, 4) is 5.75 Å². The number of carbonyl (C=O) groups excluding carboxylic acids is 1. The van der Waals surface area contributed by atoms with Crippen LogP contribution in [0.5, 0.6) is 5.75 Å². The maximum Gasteiger partial charge on any atom is 0.326 e. The van der Waals surface area contributed by atoms with Crippen LogP contribution in [0, 0.1) is 11.7 Å². The molecule has 1 heterocycles. The number of rotatable bonds is 8. The Morgan fingerprint density at radius 2 is 2.03 bits per heavy atom. The lowest BCUT2D eigenvalue weighted by Crippen LogP contribution is -2.41. The minimum atomic E-state index is -4.22. The first-order valence-electron chi connectivity index (χ1n) is 11.4. The van der Waals surface area contributed by atoms with Gasteiger partial charge < -0.3 is 15.2 Å². The number of nitrogens with one attached hydrogen (secondary N) is 2. The van der Waals surface area contributed by atoms with E-state index in [1.807, 2.05) is 48.9 Å². The van der Waals surface area contributed by atoms with Gasteiger partial charge in [0.25, 0.3) is 5.91 Å². The van der Waals surface area contributed by atoms with Crippen molar-refractivity contribution < 1.29 is 27.4 Å². The molecule has 0 radical (unpaired) electrons. The van der Waals surface area contributed by atoms with Crippen LogP contribution in [-0.2, 0) is 34.5 Å². The molecule has 10 heteroatoms. The number of halogens is 1. The number of hydrogen-bond acceptors (Lipinski definition) is 6. The van der Waals surface area contributed by atoms with Crippen molar-refractivity contribution in [1.29, 1.82) is 0 Å². The van der Waals surface area contributed by atoms with Crippen molar-refractivity contribution in [3.63, 3.8) is 0 Å². The average Bonchev–Trinajstić information content (AvgIpc) is 3.08. The predicted octanol–water partition coefficient (Wildman–Crippen LogP) is 2.05. The maximum atomic E-state index is 16.0. The molecule has 1 saturated heterocycles. The second-order valence-electron chi connectivity index (χ2n) is 9.15. The van der Waals surface area contributed by atoms with Gasteiger partial charge in [0.05, 0.1) is 6.10 Å². The maximum absolute atomic E-state index is 16.0. The number of anilines is 1. The molecule has 2 atom stereocenters. The first kappa shape index (κ1) is 24.4. The number of aliphatic hydroxyl groups excluding tert-OH is 1. The van der Waals surface area contributed by atoms with Gasteiger partial charge in [-0.2, -0.15) is 8.42 Å². The van der Waals surface area contributed by atoms with Gasteiger partial charge in [-0.3, -0.25) is 4.79 Å². The van der Waals surface area contributed by atoms with Gasteiger partial charge in [0.2, 0.25) is 0 Å². The summed E-state index contributed by atoms with van der Waals surface area (Å²) in [5.74, 6) is -1.24. The SMILES string of the molecule is CC(C)C(O)CNC1CCc2cc(OCc3ccccc3)c(N3CC(=O)NS3(=O)=O)c(F)c2C1. The van der Waals surface area contributed by atoms with Crippen molar-refractivity contribution in [2.24, 2.45) is 5.92 Å². The largest absolute Gasteiger partial charge is 0.487 e. The fourth-order valence-electron chi connectivity index (χ4n) is 4.25. The summed E-state index contributed by atoms with van der Waals surface area (Å²) in [6.07, 6.45) is 1.15. The lowest BCUT2D eigenvalue weighted by atomic mass is 9.87. The molecule has 184 valence electrons. The number of ether oxygens (including phenoxy) is 1. The molecule has 34 heavy (non-hydrogen) atoms. The summed E-state index contributed by atoms with van der Waals surface area (Å²) in [7, 11) is -4.22. The first-order chi connectivity index (χ1) is 16.2. The lowest BCUT2D eigenvalue weighted by Gasteiger charge is -2.30. The van der Waals surface area contributed by atoms with Crippen LogP contribution in [0.25, 0.3) is 0 Å². The standard InChI is InChI=1S/C24H30FN3O5S/c1-15(2)20(29)12-26-18-9-8-17-10-21(33-14-16-6-4-3-5-7-16)24(23(25)19(17)11-18)28-13-22(30)27-34(28,31)32/h3-7,10,15,18,20,26,29H,8-9,11-14H2,1-2H3,(H,27,30). The van der Waals surface area contributed by atoms with Crippen LogP contribution in [0.15, 0.2) is 36.4 Å². The van der Waals surface area contributed by atoms with E-state index in [1.165, 1.54) is 0 Å². The Morgan fingerprint density at radius 3 is 2.68 bits per heavy atom. The third kappa shape index (κ3) is 5.18. The van der Waals surface area contributed by atoms with Crippen LogP contribution in [0.2, 0.25) is 0 Å². The number of amides is 1. The molecular formula is C24H30FN3O5S. The van der Waals surface area contributed by atoms with E-state index < -0.39 is 34.6 Å². The smallest absolute Gasteiger partial charge is 0.326 e. The van der Waals surface area contributed by atoms with Crippen LogP contribution in [0.4, 0.5) is 10.1 Å². The highest BCUT2D eigenvalue weighted by Gasteiger charge is 2.39. The van der Waals surface area contributed by atoms with E-state index in [2.05, 4.69) is 5.32 Å². The third-order valence-electron chi connectivity index (χ3n) is 6.30. The van der Waals surface area contributed by atoms with Gasteiger partial charge in [0.15, 0.2) is 5.82 Å². The van der Waals surface area contributed by atoms with Crippen molar-refractivity contribution >= 4 is 21.8 Å². The molecule has 4 rings (SSSR count). The van der Waals surface area contributed by atoms with Crippen LogP contribution < -0.4 is 19.1 Å². The molecule has 2 aromatic carbocycles. The van der Waals surface area contributed by atoms with Gasteiger partial charge >= 0.3 is 10.2 Å². The highest BCUT2D eigenvalue weighted by atomic mass is 32.2. The minimum Gasteiger partial charge on any atom is -0.487 e. The number of fused-ring (bicyclic) bond motifs is 1. The fourth-order valence-corrected chi connectivity index (χ4v) is 5.41. The second kappa shape index (κ2) is 9.89. The summed E-state index contributed by atoms with van der Waals surface area (Å²) >= 11 is 0. The molecule has 0 bridgehead atoms. The molecule has 1 amide bonds. The van der Waals surface area contributed by atoms with Crippen molar-refractivity contribution in [2.45, 2.75) is 51.9 Å².